The van der Waals surface area contributed by atoms with E-state index in [1.807, 2.05) is 5.38 Å². The van der Waals surface area contributed by atoms with Gasteiger partial charge in [-0.05, 0) is 12.1 Å². The highest BCUT2D eigenvalue weighted by atomic mass is 32.2. The Morgan fingerprint density at radius 3 is 2.76 bits per heavy atom. The molecule has 0 fully saturated rings. The zero-order valence-corrected chi connectivity index (χ0v) is 13.5. The van der Waals surface area contributed by atoms with Crippen molar-refractivity contribution < 1.29 is 8.42 Å². The van der Waals surface area contributed by atoms with Crippen LogP contribution in [0.5, 0.6) is 0 Å². The summed E-state index contributed by atoms with van der Waals surface area (Å²) in [6.45, 7) is 0.638. The molecule has 0 aliphatic rings. The molecule has 0 bridgehead atoms. The molecular formula is C13H18N4O2S2. The molecule has 8 heteroatoms. The van der Waals surface area contributed by atoms with Crippen molar-refractivity contribution >= 4 is 32.7 Å². The van der Waals surface area contributed by atoms with E-state index in [0.29, 0.717) is 12.2 Å². The number of thiazole rings is 1. The molecule has 0 aliphatic carbocycles. The number of para-hydroxylation sites is 1. The van der Waals surface area contributed by atoms with Crippen LogP contribution in [0.2, 0.25) is 0 Å². The Morgan fingerprint density at radius 2 is 2.14 bits per heavy atom. The smallest absolute Gasteiger partial charge is 0.244 e. The average Bonchev–Trinajstić information content (AvgIpc) is 2.93. The summed E-state index contributed by atoms with van der Waals surface area (Å²) >= 11 is 1.55. The highest BCUT2D eigenvalue weighted by molar-refractivity contribution is 7.89. The van der Waals surface area contributed by atoms with E-state index in [4.69, 9.17) is 5.73 Å². The van der Waals surface area contributed by atoms with Crippen LogP contribution in [-0.4, -0.2) is 38.3 Å². The Hall–Kier alpha value is -1.64. The van der Waals surface area contributed by atoms with Crippen LogP contribution >= 0.6 is 11.3 Å². The second-order valence-corrected chi connectivity index (χ2v) is 7.50. The minimum Gasteiger partial charge on any atom is -0.396 e. The molecule has 21 heavy (non-hydrogen) atoms. The lowest BCUT2D eigenvalue weighted by atomic mass is 10.2. The molecule has 0 radical (unpaired) electrons. The Morgan fingerprint density at radius 1 is 1.38 bits per heavy atom. The SMILES string of the molecule is CN(C)S(=O)(=O)c1cccc(NCCc2cscn2)c1N. The van der Waals surface area contributed by atoms with E-state index in [1.54, 1.807) is 29.0 Å². The summed E-state index contributed by atoms with van der Waals surface area (Å²) in [5.74, 6) is 0. The molecule has 3 N–H and O–H groups in total. The van der Waals surface area contributed by atoms with Gasteiger partial charge in [0.25, 0.3) is 0 Å². The van der Waals surface area contributed by atoms with Gasteiger partial charge in [-0.1, -0.05) is 6.07 Å². The zero-order chi connectivity index (χ0) is 15.5. The third kappa shape index (κ3) is 3.52. The van der Waals surface area contributed by atoms with Gasteiger partial charge in [-0.2, -0.15) is 0 Å². The van der Waals surface area contributed by atoms with Crippen molar-refractivity contribution in [2.75, 3.05) is 31.7 Å². The maximum atomic E-state index is 12.2. The number of aromatic nitrogens is 1. The summed E-state index contributed by atoms with van der Waals surface area (Å²) in [6.07, 6.45) is 0.758. The molecule has 1 heterocycles. The number of sulfonamides is 1. The van der Waals surface area contributed by atoms with Crippen LogP contribution in [-0.2, 0) is 16.4 Å². The van der Waals surface area contributed by atoms with Crippen molar-refractivity contribution in [3.63, 3.8) is 0 Å². The van der Waals surface area contributed by atoms with Crippen molar-refractivity contribution in [1.29, 1.82) is 0 Å². The molecule has 6 nitrogen and oxygen atoms in total. The van der Waals surface area contributed by atoms with Gasteiger partial charge in [0.1, 0.15) is 4.90 Å². The van der Waals surface area contributed by atoms with Gasteiger partial charge in [-0.25, -0.2) is 17.7 Å². The molecule has 114 valence electrons. The van der Waals surface area contributed by atoms with E-state index in [2.05, 4.69) is 10.3 Å². The lowest BCUT2D eigenvalue weighted by Gasteiger charge is -2.16. The summed E-state index contributed by atoms with van der Waals surface area (Å²) in [7, 11) is -0.574. The molecule has 2 rings (SSSR count). The summed E-state index contributed by atoms with van der Waals surface area (Å²) in [5, 5.41) is 5.14. The van der Waals surface area contributed by atoms with Gasteiger partial charge in [0.2, 0.25) is 10.0 Å². The number of rotatable bonds is 6. The Labute approximate surface area is 128 Å². The molecule has 2 aromatic rings. The number of nitrogens with one attached hydrogen (secondary N) is 1. The van der Waals surface area contributed by atoms with Crippen LogP contribution in [0.15, 0.2) is 34.0 Å². The topological polar surface area (TPSA) is 88.3 Å². The third-order valence-electron chi connectivity index (χ3n) is 3.00. The number of anilines is 2. The van der Waals surface area contributed by atoms with E-state index in [9.17, 15) is 8.42 Å². The minimum atomic E-state index is -3.54. The second-order valence-electron chi connectivity index (χ2n) is 4.66. The molecule has 0 saturated carbocycles. The normalized spacial score (nSPS) is 11.8. The van der Waals surface area contributed by atoms with E-state index in [0.717, 1.165) is 16.4 Å². The molecule has 0 amide bonds. The van der Waals surface area contributed by atoms with Gasteiger partial charge in [0.15, 0.2) is 0 Å². The fourth-order valence-electron chi connectivity index (χ4n) is 1.81. The Kier molecular flexibility index (Phi) is 4.81. The number of nitrogens with two attached hydrogens (primary N) is 1. The Bertz CT molecular complexity index is 697. The van der Waals surface area contributed by atoms with Gasteiger partial charge in [0.05, 0.1) is 22.6 Å². The average molecular weight is 326 g/mol. The van der Waals surface area contributed by atoms with Gasteiger partial charge in [0, 0.05) is 32.4 Å². The largest absolute Gasteiger partial charge is 0.396 e. The van der Waals surface area contributed by atoms with Crippen molar-refractivity contribution in [1.82, 2.24) is 9.29 Å². The van der Waals surface area contributed by atoms with Crippen molar-refractivity contribution in [2.24, 2.45) is 0 Å². The minimum absolute atomic E-state index is 0.117. The van der Waals surface area contributed by atoms with Gasteiger partial charge >= 0.3 is 0 Å². The molecule has 0 spiro atoms. The van der Waals surface area contributed by atoms with Crippen LogP contribution in [0.4, 0.5) is 11.4 Å². The summed E-state index contributed by atoms with van der Waals surface area (Å²) < 4.78 is 25.5. The fourth-order valence-corrected chi connectivity index (χ4v) is 3.43. The molecule has 1 aromatic heterocycles. The maximum Gasteiger partial charge on any atom is 0.244 e. The van der Waals surface area contributed by atoms with Crippen LogP contribution in [0.1, 0.15) is 5.69 Å². The first-order valence-electron chi connectivity index (χ1n) is 6.35. The van der Waals surface area contributed by atoms with E-state index in [-0.39, 0.29) is 10.6 Å². The standard InChI is InChI=1S/C13H18N4O2S2/c1-17(2)21(18,19)12-5-3-4-11(13(12)14)15-7-6-10-8-20-9-16-10/h3-5,8-9,15H,6-7,14H2,1-2H3. The predicted octanol–water partition coefficient (Wildman–Crippen LogP) is 1.63. The highest BCUT2D eigenvalue weighted by Gasteiger charge is 2.21. The zero-order valence-electron chi connectivity index (χ0n) is 11.9. The first-order valence-corrected chi connectivity index (χ1v) is 8.73. The highest BCUT2D eigenvalue weighted by Crippen LogP contribution is 2.28. The first kappa shape index (κ1) is 15.7. The quantitative estimate of drug-likeness (QED) is 0.788. The van der Waals surface area contributed by atoms with E-state index < -0.39 is 10.0 Å². The molecule has 0 unspecified atom stereocenters. The lowest BCUT2D eigenvalue weighted by molar-refractivity contribution is 0.521. The summed E-state index contributed by atoms with van der Waals surface area (Å²) in [4.78, 5) is 4.31. The summed E-state index contributed by atoms with van der Waals surface area (Å²) in [5.41, 5.74) is 9.63. The number of nitrogens with zero attached hydrogens (tertiary/aromatic N) is 2. The summed E-state index contributed by atoms with van der Waals surface area (Å²) in [6, 6.07) is 4.96. The molecule has 0 aliphatic heterocycles. The predicted molar refractivity (Wildman–Crippen MR) is 86.0 cm³/mol. The second kappa shape index (κ2) is 6.42. The van der Waals surface area contributed by atoms with Gasteiger partial charge in [-0.15, -0.1) is 11.3 Å². The van der Waals surface area contributed by atoms with Crippen LogP contribution in [0.3, 0.4) is 0 Å². The number of hydrogen-bond acceptors (Lipinski definition) is 6. The number of nitrogen functional groups attached to an aromatic ring is 1. The van der Waals surface area contributed by atoms with Crippen molar-refractivity contribution in [3.05, 3.63) is 34.8 Å². The van der Waals surface area contributed by atoms with Gasteiger partial charge < -0.3 is 11.1 Å². The lowest BCUT2D eigenvalue weighted by Crippen LogP contribution is -2.23. The van der Waals surface area contributed by atoms with Crippen LogP contribution < -0.4 is 11.1 Å². The van der Waals surface area contributed by atoms with Gasteiger partial charge in [-0.3, -0.25) is 0 Å². The fraction of sp³-hybridized carbons (Fsp3) is 0.308. The van der Waals surface area contributed by atoms with E-state index >= 15 is 0 Å². The molecular weight excluding hydrogens is 308 g/mol. The van der Waals surface area contributed by atoms with Crippen LogP contribution in [0, 0.1) is 0 Å². The number of hydrogen-bond donors (Lipinski definition) is 2. The third-order valence-corrected chi connectivity index (χ3v) is 5.51. The maximum absolute atomic E-state index is 12.2. The molecule has 1 aromatic carbocycles. The Balaban J connectivity index is 2.14. The first-order chi connectivity index (χ1) is 9.93. The van der Waals surface area contributed by atoms with E-state index in [1.165, 1.54) is 20.2 Å². The van der Waals surface area contributed by atoms with Crippen LogP contribution in [0.25, 0.3) is 0 Å². The van der Waals surface area contributed by atoms with Crippen molar-refractivity contribution in [3.8, 4) is 0 Å². The number of benzene rings is 1. The molecule has 0 atom stereocenters. The van der Waals surface area contributed by atoms with Crippen molar-refractivity contribution in [2.45, 2.75) is 11.3 Å². The monoisotopic (exact) mass is 326 g/mol. The molecule has 0 saturated heterocycles.